The van der Waals surface area contributed by atoms with Gasteiger partial charge < -0.3 is 19.9 Å². The number of esters is 1. The molecule has 222 valence electrons. The van der Waals surface area contributed by atoms with Crippen molar-refractivity contribution in [1.82, 2.24) is 10.2 Å². The topological polar surface area (TPSA) is 191 Å². The fourth-order valence-electron chi connectivity index (χ4n) is 4.47. The SMILES string of the molecule is CC(O)C1C(=O)N2C(C(=O)OCc3ccc([N+](=O)[O-])cc3)=C(CCCCNC(=O)OCc3ccc([N+](=O)[O-])cc3)S[C@H]12. The molecule has 2 aliphatic rings. The number of rotatable bonds is 13. The number of benzene rings is 2. The third-order valence-corrected chi connectivity index (χ3v) is 8.13. The van der Waals surface area contributed by atoms with E-state index < -0.39 is 39.3 Å². The molecule has 14 nitrogen and oxygen atoms in total. The number of fused-ring (bicyclic) bond motifs is 1. The lowest BCUT2D eigenvalue weighted by Gasteiger charge is -2.43. The zero-order valence-electron chi connectivity index (χ0n) is 22.5. The Labute approximate surface area is 244 Å². The number of unbranched alkanes of at least 4 members (excludes halogenated alkanes) is 1. The van der Waals surface area contributed by atoms with E-state index in [1.165, 1.54) is 72.1 Å². The molecule has 2 amide bonds. The predicted molar refractivity (Wildman–Crippen MR) is 148 cm³/mol. The van der Waals surface area contributed by atoms with E-state index in [1.54, 1.807) is 0 Å². The second kappa shape index (κ2) is 13.4. The zero-order chi connectivity index (χ0) is 30.4. The van der Waals surface area contributed by atoms with Crippen LogP contribution < -0.4 is 5.32 Å². The highest BCUT2D eigenvalue weighted by Crippen LogP contribution is 2.51. The Morgan fingerprint density at radius 1 is 0.976 bits per heavy atom. The molecule has 0 aliphatic carbocycles. The molecular weight excluding hydrogens is 572 g/mol. The lowest BCUT2D eigenvalue weighted by molar-refractivity contribution is -0.385. The monoisotopic (exact) mass is 600 g/mol. The van der Waals surface area contributed by atoms with Crippen LogP contribution in [-0.2, 0) is 32.3 Å². The van der Waals surface area contributed by atoms with Crippen LogP contribution in [-0.4, -0.2) is 55.8 Å². The van der Waals surface area contributed by atoms with Gasteiger partial charge in [-0.05, 0) is 61.6 Å². The van der Waals surface area contributed by atoms with E-state index in [0.29, 0.717) is 41.8 Å². The number of amides is 2. The number of ether oxygens (including phenoxy) is 2. The number of nitro groups is 2. The number of hydrogen-bond donors (Lipinski definition) is 2. The van der Waals surface area contributed by atoms with E-state index in [9.17, 15) is 39.7 Å². The summed E-state index contributed by atoms with van der Waals surface area (Å²) in [5, 5.41) is 33.8. The van der Waals surface area contributed by atoms with Gasteiger partial charge >= 0.3 is 12.1 Å². The van der Waals surface area contributed by atoms with Gasteiger partial charge in [0, 0.05) is 35.7 Å². The van der Waals surface area contributed by atoms with Crippen LogP contribution in [0.5, 0.6) is 0 Å². The molecule has 1 fully saturated rings. The first-order valence-corrected chi connectivity index (χ1v) is 13.9. The maximum Gasteiger partial charge on any atom is 0.407 e. The Morgan fingerprint density at radius 2 is 1.52 bits per heavy atom. The molecule has 2 heterocycles. The van der Waals surface area contributed by atoms with Crippen LogP contribution in [0.25, 0.3) is 0 Å². The first kappa shape index (κ1) is 30.5. The number of non-ortho nitro benzene ring substituents is 2. The van der Waals surface area contributed by atoms with Crippen LogP contribution in [0.1, 0.15) is 37.3 Å². The highest BCUT2D eigenvalue weighted by Gasteiger charge is 2.57. The van der Waals surface area contributed by atoms with Crippen LogP contribution in [0.4, 0.5) is 16.2 Å². The molecular formula is C27H28N4O10S. The van der Waals surface area contributed by atoms with Gasteiger partial charge in [0.05, 0.1) is 21.9 Å². The summed E-state index contributed by atoms with van der Waals surface area (Å²) in [6.07, 6.45) is 0.00859. The van der Waals surface area contributed by atoms with Crippen molar-refractivity contribution < 1.29 is 38.8 Å². The van der Waals surface area contributed by atoms with Gasteiger partial charge in [-0.2, -0.15) is 0 Å². The van der Waals surface area contributed by atoms with Crippen LogP contribution in [0.15, 0.2) is 59.1 Å². The Balaban J connectivity index is 1.28. The van der Waals surface area contributed by atoms with Gasteiger partial charge in [0.2, 0.25) is 5.91 Å². The van der Waals surface area contributed by atoms with E-state index >= 15 is 0 Å². The minimum atomic E-state index is -0.885. The standard InChI is InChI=1S/C27H28N4O10S/c1-16(32)22-24(33)29-23(26(34)40-14-17-5-9-19(10-6-17)30(36)37)21(42-25(22)29)4-2-3-13-28-27(35)41-15-18-7-11-20(12-8-18)31(38)39/h5-12,16,22,25,32H,2-4,13-15H2,1H3,(H,28,35)/t16?,22?,25-/m1/s1. The first-order chi connectivity index (χ1) is 20.1. The number of carbonyl (C=O) groups is 3. The maximum atomic E-state index is 13.1. The number of aliphatic hydroxyl groups is 1. The Bertz CT molecular complexity index is 1390. The lowest BCUT2D eigenvalue weighted by atomic mass is 9.92. The summed E-state index contributed by atoms with van der Waals surface area (Å²) < 4.78 is 10.6. The minimum Gasteiger partial charge on any atom is -0.456 e. The highest BCUT2D eigenvalue weighted by atomic mass is 32.2. The maximum absolute atomic E-state index is 13.1. The van der Waals surface area contributed by atoms with Gasteiger partial charge in [-0.25, -0.2) is 9.59 Å². The number of alkyl carbamates (subject to hydrolysis) is 1. The second-order valence-electron chi connectivity index (χ2n) is 9.64. The van der Waals surface area contributed by atoms with Crippen molar-refractivity contribution in [2.75, 3.05) is 6.54 Å². The Kier molecular flexibility index (Phi) is 9.75. The molecule has 2 aromatic rings. The summed E-state index contributed by atoms with van der Waals surface area (Å²) in [6, 6.07) is 11.2. The summed E-state index contributed by atoms with van der Waals surface area (Å²) in [7, 11) is 0. The molecule has 42 heavy (non-hydrogen) atoms. The first-order valence-electron chi connectivity index (χ1n) is 13.0. The van der Waals surface area contributed by atoms with Gasteiger partial charge in [0.25, 0.3) is 11.4 Å². The summed E-state index contributed by atoms with van der Waals surface area (Å²) in [6.45, 7) is 1.63. The van der Waals surface area contributed by atoms with Gasteiger partial charge in [-0.15, -0.1) is 11.8 Å². The van der Waals surface area contributed by atoms with Gasteiger partial charge in [-0.1, -0.05) is 0 Å². The molecule has 0 bridgehead atoms. The van der Waals surface area contributed by atoms with E-state index in [0.717, 1.165) is 0 Å². The van der Waals surface area contributed by atoms with Crippen molar-refractivity contribution in [1.29, 1.82) is 0 Å². The molecule has 2 N–H and O–H groups in total. The molecule has 1 saturated heterocycles. The van der Waals surface area contributed by atoms with E-state index in [-0.39, 0.29) is 36.2 Å². The molecule has 0 radical (unpaired) electrons. The molecule has 0 aromatic heterocycles. The molecule has 15 heteroatoms. The number of β-lactam (4-membered cyclic amide) rings is 1. The molecule has 0 saturated carbocycles. The summed E-state index contributed by atoms with van der Waals surface area (Å²) in [5.41, 5.74) is 1.12. The molecule has 4 rings (SSSR count). The number of hydrogen-bond acceptors (Lipinski definition) is 11. The van der Waals surface area contributed by atoms with E-state index in [4.69, 9.17) is 9.47 Å². The minimum absolute atomic E-state index is 0.0472. The van der Waals surface area contributed by atoms with Crippen LogP contribution >= 0.6 is 11.8 Å². The average molecular weight is 601 g/mol. The number of carbonyl (C=O) groups excluding carboxylic acids is 3. The Hall–Kier alpha value is -4.50. The summed E-state index contributed by atoms with van der Waals surface area (Å²) >= 11 is 1.33. The average Bonchev–Trinajstić information content (AvgIpc) is 3.28. The normalized spacial score (nSPS) is 18.1. The largest absolute Gasteiger partial charge is 0.456 e. The van der Waals surface area contributed by atoms with E-state index in [1.807, 2.05) is 0 Å². The van der Waals surface area contributed by atoms with Crippen molar-refractivity contribution >= 4 is 41.1 Å². The van der Waals surface area contributed by atoms with Crippen LogP contribution in [0, 0.1) is 26.1 Å². The smallest absolute Gasteiger partial charge is 0.407 e. The molecule has 2 unspecified atom stereocenters. The Morgan fingerprint density at radius 3 is 2.05 bits per heavy atom. The summed E-state index contributed by atoms with van der Waals surface area (Å²) in [5.74, 6) is -1.71. The summed E-state index contributed by atoms with van der Waals surface area (Å²) in [4.78, 5) is 60.3. The van der Waals surface area contributed by atoms with Crippen molar-refractivity contribution in [2.24, 2.45) is 5.92 Å². The molecule has 3 atom stereocenters. The highest BCUT2D eigenvalue weighted by molar-refractivity contribution is 8.04. The van der Waals surface area contributed by atoms with Crippen LogP contribution in [0.3, 0.4) is 0 Å². The number of nitrogens with zero attached hydrogens (tertiary/aromatic N) is 3. The molecule has 2 aromatic carbocycles. The van der Waals surface area contributed by atoms with Crippen molar-refractivity contribution in [3.8, 4) is 0 Å². The van der Waals surface area contributed by atoms with Crippen molar-refractivity contribution in [3.05, 3.63) is 90.5 Å². The third-order valence-electron chi connectivity index (χ3n) is 6.70. The molecule has 0 spiro atoms. The molecule has 2 aliphatic heterocycles. The van der Waals surface area contributed by atoms with Crippen molar-refractivity contribution in [3.63, 3.8) is 0 Å². The number of aliphatic hydroxyl groups excluding tert-OH is 1. The number of allylic oxidation sites excluding steroid dienone is 1. The quantitative estimate of drug-likeness (QED) is 0.112. The zero-order valence-corrected chi connectivity index (χ0v) is 23.3. The van der Waals surface area contributed by atoms with Gasteiger partial charge in [0.1, 0.15) is 24.3 Å². The number of thioether (sulfide) groups is 1. The van der Waals surface area contributed by atoms with E-state index in [2.05, 4.69) is 5.32 Å². The lowest BCUT2D eigenvalue weighted by Crippen LogP contribution is -2.60. The second-order valence-corrected chi connectivity index (χ2v) is 10.8. The predicted octanol–water partition coefficient (Wildman–Crippen LogP) is 3.77. The number of nitro benzene ring substituents is 2. The third kappa shape index (κ3) is 7.03. The fraction of sp³-hybridized carbons (Fsp3) is 0.370. The van der Waals surface area contributed by atoms with Crippen LogP contribution in [0.2, 0.25) is 0 Å². The number of nitrogens with one attached hydrogen (secondary N) is 1. The van der Waals surface area contributed by atoms with Crippen molar-refractivity contribution in [2.45, 2.75) is 50.9 Å². The van der Waals surface area contributed by atoms with Gasteiger partial charge in [0.15, 0.2) is 0 Å². The van der Waals surface area contributed by atoms with Gasteiger partial charge in [-0.3, -0.25) is 29.9 Å². The fourth-order valence-corrected chi connectivity index (χ4v) is 6.12.